The number of likely N-dealkylation sites (tertiary alicyclic amines) is 1. The number of fused-ring (bicyclic) bond motifs is 2. The molecule has 0 bridgehead atoms. The van der Waals surface area contributed by atoms with E-state index in [4.69, 9.17) is 0 Å². The zero-order valence-electron chi connectivity index (χ0n) is 13.5. The molecule has 116 valence electrons. The standard InChI is InChI=1S/C9H17N.C8H11N3/c1-10-7-6-8-4-2-3-5-9(8)10;1-6-7-5-9-4-3-8(7)11(2)10-6/h8-9H,2-7H2,1H3;3-6,10H,1-2H3. The smallest absolute Gasteiger partial charge is 0.0595 e. The van der Waals surface area contributed by atoms with Crippen molar-refractivity contribution in [2.75, 3.05) is 25.6 Å². The van der Waals surface area contributed by atoms with Crippen LogP contribution in [0.15, 0.2) is 18.5 Å². The van der Waals surface area contributed by atoms with Gasteiger partial charge in [-0.25, -0.2) is 5.43 Å². The molecule has 1 aromatic rings. The summed E-state index contributed by atoms with van der Waals surface area (Å²) in [5, 5.41) is 2.03. The van der Waals surface area contributed by atoms with Gasteiger partial charge in [0.1, 0.15) is 0 Å². The summed E-state index contributed by atoms with van der Waals surface area (Å²) in [5.74, 6) is 1.07. The van der Waals surface area contributed by atoms with Gasteiger partial charge >= 0.3 is 0 Å². The minimum Gasteiger partial charge on any atom is -0.310 e. The summed E-state index contributed by atoms with van der Waals surface area (Å²) < 4.78 is 0. The van der Waals surface area contributed by atoms with Crippen molar-refractivity contribution >= 4 is 5.69 Å². The molecule has 4 nitrogen and oxygen atoms in total. The maximum atomic E-state index is 4.07. The summed E-state index contributed by atoms with van der Waals surface area (Å²) in [4.78, 5) is 6.63. The molecule has 1 N–H and O–H groups in total. The number of anilines is 1. The summed E-state index contributed by atoms with van der Waals surface area (Å²) in [7, 11) is 4.30. The third-order valence-corrected chi connectivity index (χ3v) is 5.33. The van der Waals surface area contributed by atoms with Gasteiger partial charge in [0, 0.05) is 31.0 Å². The molecule has 1 saturated carbocycles. The highest BCUT2D eigenvalue weighted by Crippen LogP contribution is 2.34. The highest BCUT2D eigenvalue weighted by Gasteiger charge is 2.32. The first-order valence-electron chi connectivity index (χ1n) is 8.31. The fraction of sp³-hybridized carbons (Fsp3) is 0.706. The van der Waals surface area contributed by atoms with Crippen LogP contribution in [0.3, 0.4) is 0 Å². The molecule has 3 atom stereocenters. The molecule has 0 radical (unpaired) electrons. The summed E-state index contributed by atoms with van der Waals surface area (Å²) in [6, 6.07) is 3.38. The maximum absolute atomic E-state index is 4.07. The SMILES string of the molecule is CC1NN(C)c2ccncc21.CN1CCC2CCCCC21. The van der Waals surface area contributed by atoms with E-state index in [-0.39, 0.29) is 0 Å². The van der Waals surface area contributed by atoms with Crippen LogP contribution in [0.4, 0.5) is 5.69 Å². The number of aromatic nitrogens is 1. The molecule has 0 aromatic carbocycles. The molecule has 4 heteroatoms. The van der Waals surface area contributed by atoms with Crippen LogP contribution in [0.25, 0.3) is 0 Å². The molecule has 3 aliphatic rings. The minimum absolute atomic E-state index is 0.392. The van der Waals surface area contributed by atoms with E-state index in [1.807, 2.05) is 30.5 Å². The Kier molecular flexibility index (Phi) is 4.45. The lowest BCUT2D eigenvalue weighted by atomic mass is 9.85. The van der Waals surface area contributed by atoms with Crippen LogP contribution in [0.2, 0.25) is 0 Å². The van der Waals surface area contributed by atoms with Gasteiger partial charge in [0.05, 0.1) is 11.7 Å². The van der Waals surface area contributed by atoms with Crippen molar-refractivity contribution in [1.29, 1.82) is 0 Å². The highest BCUT2D eigenvalue weighted by atomic mass is 15.5. The maximum Gasteiger partial charge on any atom is 0.0595 e. The first-order chi connectivity index (χ1) is 10.2. The van der Waals surface area contributed by atoms with Crippen LogP contribution >= 0.6 is 0 Å². The Morgan fingerprint density at radius 3 is 2.76 bits per heavy atom. The zero-order valence-corrected chi connectivity index (χ0v) is 13.5. The largest absolute Gasteiger partial charge is 0.310 e. The number of nitrogens with one attached hydrogen (secondary N) is 1. The van der Waals surface area contributed by atoms with Gasteiger partial charge < -0.3 is 9.91 Å². The summed E-state index contributed by atoms with van der Waals surface area (Å²) in [6.07, 6.45) is 11.2. The lowest BCUT2D eigenvalue weighted by Crippen LogP contribution is -2.31. The Hall–Kier alpha value is -1.13. The molecular formula is C17H28N4. The number of hydrogen-bond acceptors (Lipinski definition) is 4. The van der Waals surface area contributed by atoms with Crippen molar-refractivity contribution in [3.05, 3.63) is 24.0 Å². The predicted molar refractivity (Wildman–Crippen MR) is 87.2 cm³/mol. The van der Waals surface area contributed by atoms with Gasteiger partial charge in [-0.2, -0.15) is 0 Å². The molecule has 3 heterocycles. The van der Waals surface area contributed by atoms with Crippen LogP contribution in [0.5, 0.6) is 0 Å². The molecule has 1 aromatic heterocycles. The normalized spacial score (nSPS) is 31.4. The molecule has 1 aliphatic carbocycles. The second-order valence-corrected chi connectivity index (χ2v) is 6.73. The average Bonchev–Trinajstić information content (AvgIpc) is 3.02. The second-order valence-electron chi connectivity index (χ2n) is 6.73. The van der Waals surface area contributed by atoms with Crippen molar-refractivity contribution in [3.63, 3.8) is 0 Å². The number of rotatable bonds is 0. The molecule has 0 amide bonds. The highest BCUT2D eigenvalue weighted by molar-refractivity contribution is 5.55. The van der Waals surface area contributed by atoms with Gasteiger partial charge in [0.25, 0.3) is 0 Å². The van der Waals surface area contributed by atoms with Crippen molar-refractivity contribution < 1.29 is 0 Å². The Bertz CT molecular complexity index is 447. The molecule has 0 spiro atoms. The Balaban J connectivity index is 0.000000126. The van der Waals surface area contributed by atoms with Gasteiger partial charge in [-0.3, -0.25) is 4.98 Å². The van der Waals surface area contributed by atoms with Gasteiger partial charge in [-0.1, -0.05) is 12.8 Å². The monoisotopic (exact) mass is 288 g/mol. The molecule has 2 fully saturated rings. The van der Waals surface area contributed by atoms with Gasteiger partial charge in [0.2, 0.25) is 0 Å². The van der Waals surface area contributed by atoms with E-state index in [1.165, 1.54) is 49.9 Å². The van der Waals surface area contributed by atoms with E-state index < -0.39 is 0 Å². The lowest BCUT2D eigenvalue weighted by Gasteiger charge is -2.28. The van der Waals surface area contributed by atoms with Gasteiger partial charge in [-0.05, 0) is 51.8 Å². The number of hydrazine groups is 1. The third-order valence-electron chi connectivity index (χ3n) is 5.33. The van der Waals surface area contributed by atoms with E-state index >= 15 is 0 Å². The lowest BCUT2D eigenvalue weighted by molar-refractivity contribution is 0.215. The van der Waals surface area contributed by atoms with E-state index in [1.54, 1.807) is 0 Å². The number of pyridine rings is 1. The van der Waals surface area contributed by atoms with E-state index in [0.717, 1.165) is 12.0 Å². The van der Waals surface area contributed by atoms with E-state index in [2.05, 4.69) is 29.3 Å². The summed E-state index contributed by atoms with van der Waals surface area (Å²) in [5.41, 5.74) is 5.78. The summed E-state index contributed by atoms with van der Waals surface area (Å²) in [6.45, 7) is 3.49. The van der Waals surface area contributed by atoms with Crippen molar-refractivity contribution in [3.8, 4) is 0 Å². The molecule has 21 heavy (non-hydrogen) atoms. The molecule has 4 rings (SSSR count). The van der Waals surface area contributed by atoms with E-state index in [0.29, 0.717) is 6.04 Å². The molecule has 3 unspecified atom stereocenters. The molecular weight excluding hydrogens is 260 g/mol. The quantitative estimate of drug-likeness (QED) is 0.795. The van der Waals surface area contributed by atoms with Crippen LogP contribution in [-0.2, 0) is 0 Å². The Labute approximate surface area is 128 Å². The summed E-state index contributed by atoms with van der Waals surface area (Å²) >= 11 is 0. The van der Waals surface area contributed by atoms with Crippen LogP contribution in [-0.4, -0.2) is 36.6 Å². The van der Waals surface area contributed by atoms with Crippen LogP contribution < -0.4 is 10.4 Å². The first-order valence-corrected chi connectivity index (χ1v) is 8.31. The van der Waals surface area contributed by atoms with Crippen molar-refractivity contribution in [2.24, 2.45) is 5.92 Å². The second kappa shape index (κ2) is 6.32. The minimum atomic E-state index is 0.392. The Morgan fingerprint density at radius 1 is 1.19 bits per heavy atom. The topological polar surface area (TPSA) is 31.4 Å². The number of hydrogen-bond donors (Lipinski definition) is 1. The predicted octanol–water partition coefficient (Wildman–Crippen LogP) is 2.98. The van der Waals surface area contributed by atoms with Crippen LogP contribution in [0, 0.1) is 5.92 Å². The number of nitrogens with zero attached hydrogens (tertiary/aromatic N) is 3. The Morgan fingerprint density at radius 2 is 2.00 bits per heavy atom. The molecule has 1 saturated heterocycles. The average molecular weight is 288 g/mol. The fourth-order valence-corrected chi connectivity index (χ4v) is 4.11. The van der Waals surface area contributed by atoms with Crippen molar-refractivity contribution in [1.82, 2.24) is 15.3 Å². The third kappa shape index (κ3) is 3.06. The van der Waals surface area contributed by atoms with E-state index in [9.17, 15) is 0 Å². The van der Waals surface area contributed by atoms with Gasteiger partial charge in [0.15, 0.2) is 0 Å². The molecule has 2 aliphatic heterocycles. The first kappa shape index (κ1) is 14.8. The fourth-order valence-electron chi connectivity index (χ4n) is 4.11. The van der Waals surface area contributed by atoms with Crippen molar-refractivity contribution in [2.45, 2.75) is 51.1 Å². The van der Waals surface area contributed by atoms with Gasteiger partial charge in [-0.15, -0.1) is 0 Å². The zero-order chi connectivity index (χ0) is 14.8. The van der Waals surface area contributed by atoms with Crippen LogP contribution in [0.1, 0.15) is 50.6 Å².